The highest BCUT2D eigenvalue weighted by Crippen LogP contribution is 2.34. The van der Waals surface area contributed by atoms with Gasteiger partial charge in [0.05, 0.1) is 11.2 Å². The van der Waals surface area contributed by atoms with Crippen molar-refractivity contribution >= 4 is 17.5 Å². The quantitative estimate of drug-likeness (QED) is 0.832. The van der Waals surface area contributed by atoms with Crippen LogP contribution in [0.5, 0.6) is 0 Å². The molecule has 22 heavy (non-hydrogen) atoms. The highest BCUT2D eigenvalue weighted by atomic mass is 35.5. The number of pyridine rings is 1. The minimum Gasteiger partial charge on any atom is -0.382 e. The first kappa shape index (κ1) is 15.0. The number of halogens is 1. The molecular formula is C17H18ClN3O. The van der Waals surface area contributed by atoms with E-state index in [-0.39, 0.29) is 11.7 Å². The van der Waals surface area contributed by atoms with Gasteiger partial charge >= 0.3 is 0 Å². The van der Waals surface area contributed by atoms with E-state index in [4.69, 9.17) is 21.4 Å². The van der Waals surface area contributed by atoms with Crippen molar-refractivity contribution in [2.24, 2.45) is 4.99 Å². The molecule has 1 atom stereocenters. The second-order valence-electron chi connectivity index (χ2n) is 6.16. The maximum absolute atomic E-state index is 6.07. The topological polar surface area (TPSA) is 37.7 Å². The number of aliphatic imine (C=N–C) groups is 1. The van der Waals surface area contributed by atoms with Crippen LogP contribution in [-0.4, -0.2) is 21.5 Å². The van der Waals surface area contributed by atoms with Crippen molar-refractivity contribution in [3.63, 3.8) is 0 Å². The second kappa shape index (κ2) is 5.71. The van der Waals surface area contributed by atoms with E-state index in [2.05, 4.69) is 25.8 Å². The van der Waals surface area contributed by atoms with Crippen LogP contribution >= 0.6 is 11.6 Å². The molecule has 114 valence electrons. The van der Waals surface area contributed by atoms with Crippen LogP contribution in [0.15, 0.2) is 53.7 Å². The molecule has 5 heteroatoms. The van der Waals surface area contributed by atoms with Gasteiger partial charge in [-0.05, 0) is 51.1 Å². The number of aromatic nitrogens is 1. The Balaban J connectivity index is 2.00. The number of benzene rings is 1. The standard InChI is InChI=1S/C17H18ClN3O/c1-17(2,3)21-15(14-9-4-5-10-19-14)20-16(22-21)12-7-6-8-13(18)11-12/h4-11,15H,1-3H3. The van der Waals surface area contributed by atoms with Gasteiger partial charge in [-0.2, -0.15) is 0 Å². The van der Waals surface area contributed by atoms with Crippen LogP contribution in [0.4, 0.5) is 0 Å². The lowest BCUT2D eigenvalue weighted by atomic mass is 10.1. The minimum absolute atomic E-state index is 0.216. The molecule has 1 aliphatic heterocycles. The first-order valence-electron chi connectivity index (χ1n) is 7.17. The Kier molecular flexibility index (Phi) is 3.89. The van der Waals surface area contributed by atoms with E-state index in [1.165, 1.54) is 0 Å². The van der Waals surface area contributed by atoms with Crippen LogP contribution in [0, 0.1) is 0 Å². The molecule has 1 aromatic heterocycles. The largest absolute Gasteiger partial charge is 0.382 e. The Hall–Kier alpha value is -1.91. The van der Waals surface area contributed by atoms with Gasteiger partial charge in [-0.1, -0.05) is 23.7 Å². The molecule has 3 rings (SSSR count). The van der Waals surface area contributed by atoms with Crippen molar-refractivity contribution in [1.29, 1.82) is 0 Å². The van der Waals surface area contributed by atoms with Gasteiger partial charge in [0.25, 0.3) is 0 Å². The molecule has 2 heterocycles. The second-order valence-corrected chi connectivity index (χ2v) is 6.60. The summed E-state index contributed by atoms with van der Waals surface area (Å²) in [6.07, 6.45) is 1.50. The molecule has 0 fully saturated rings. The fourth-order valence-corrected chi connectivity index (χ4v) is 2.49. The van der Waals surface area contributed by atoms with E-state index >= 15 is 0 Å². The number of hydrogen-bond acceptors (Lipinski definition) is 4. The SMILES string of the molecule is CC(C)(C)N1OC(c2cccc(Cl)c2)=NC1c1ccccn1. The third-order valence-corrected chi connectivity index (χ3v) is 3.57. The van der Waals surface area contributed by atoms with Crippen molar-refractivity contribution < 1.29 is 4.84 Å². The van der Waals surface area contributed by atoms with E-state index in [0.717, 1.165) is 11.3 Å². The Bertz CT molecular complexity index is 695. The summed E-state index contributed by atoms with van der Waals surface area (Å²) < 4.78 is 0. The van der Waals surface area contributed by atoms with Crippen LogP contribution in [0.1, 0.15) is 38.2 Å². The molecule has 0 spiro atoms. The molecule has 1 unspecified atom stereocenters. The third kappa shape index (κ3) is 2.98. The summed E-state index contributed by atoms with van der Waals surface area (Å²) in [4.78, 5) is 15.2. The number of hydrogen-bond donors (Lipinski definition) is 0. The van der Waals surface area contributed by atoms with Crippen LogP contribution < -0.4 is 0 Å². The highest BCUT2D eigenvalue weighted by molar-refractivity contribution is 6.30. The lowest BCUT2D eigenvalue weighted by molar-refractivity contribution is -0.151. The van der Waals surface area contributed by atoms with E-state index in [1.54, 1.807) is 6.20 Å². The van der Waals surface area contributed by atoms with Gasteiger partial charge in [0, 0.05) is 16.8 Å². The Morgan fingerprint density at radius 2 is 1.95 bits per heavy atom. The average Bonchev–Trinajstić information content (AvgIpc) is 2.93. The summed E-state index contributed by atoms with van der Waals surface area (Å²) in [6.45, 7) is 6.25. The molecule has 0 saturated carbocycles. The number of hydroxylamine groups is 2. The normalized spacial score (nSPS) is 18.9. The van der Waals surface area contributed by atoms with Crippen LogP contribution in [0.2, 0.25) is 5.02 Å². The summed E-state index contributed by atoms with van der Waals surface area (Å²) in [5.41, 5.74) is 1.50. The molecule has 0 radical (unpaired) electrons. The van der Waals surface area contributed by atoms with E-state index in [0.29, 0.717) is 10.9 Å². The maximum atomic E-state index is 6.07. The third-order valence-electron chi connectivity index (χ3n) is 3.33. The van der Waals surface area contributed by atoms with Crippen LogP contribution in [0.3, 0.4) is 0 Å². The number of rotatable bonds is 2. The smallest absolute Gasteiger partial charge is 0.243 e. The molecule has 0 N–H and O–H groups in total. The predicted molar refractivity (Wildman–Crippen MR) is 87.6 cm³/mol. The van der Waals surface area contributed by atoms with Gasteiger partial charge in [-0.25, -0.2) is 4.99 Å². The molecule has 0 saturated heterocycles. The molecule has 0 aliphatic carbocycles. The van der Waals surface area contributed by atoms with E-state index < -0.39 is 0 Å². The Morgan fingerprint density at radius 1 is 1.14 bits per heavy atom. The van der Waals surface area contributed by atoms with E-state index in [1.807, 2.05) is 47.5 Å². The van der Waals surface area contributed by atoms with Crippen molar-refractivity contribution in [3.8, 4) is 0 Å². The summed E-state index contributed by atoms with van der Waals surface area (Å²) in [5.74, 6) is 0.563. The zero-order valence-electron chi connectivity index (χ0n) is 12.8. The Labute approximate surface area is 135 Å². The predicted octanol–water partition coefficient (Wildman–Crippen LogP) is 4.23. The van der Waals surface area contributed by atoms with Crippen molar-refractivity contribution in [1.82, 2.24) is 10.0 Å². The summed E-state index contributed by atoms with van der Waals surface area (Å²) in [7, 11) is 0. The van der Waals surface area contributed by atoms with Crippen molar-refractivity contribution in [3.05, 3.63) is 64.9 Å². The average molecular weight is 316 g/mol. The molecule has 1 aliphatic rings. The van der Waals surface area contributed by atoms with Gasteiger partial charge in [0.1, 0.15) is 0 Å². The van der Waals surface area contributed by atoms with Crippen molar-refractivity contribution in [2.45, 2.75) is 32.5 Å². The van der Waals surface area contributed by atoms with Gasteiger partial charge in [0.2, 0.25) is 5.90 Å². The zero-order valence-corrected chi connectivity index (χ0v) is 13.6. The molecule has 0 amide bonds. The first-order chi connectivity index (χ1) is 10.4. The minimum atomic E-state index is -0.268. The fourth-order valence-electron chi connectivity index (χ4n) is 2.30. The number of nitrogens with zero attached hydrogens (tertiary/aromatic N) is 3. The van der Waals surface area contributed by atoms with Gasteiger partial charge < -0.3 is 4.84 Å². The monoisotopic (exact) mass is 315 g/mol. The van der Waals surface area contributed by atoms with Gasteiger partial charge in [0.15, 0.2) is 6.17 Å². The summed E-state index contributed by atoms with van der Waals surface area (Å²) in [6, 6.07) is 13.3. The maximum Gasteiger partial charge on any atom is 0.243 e. The van der Waals surface area contributed by atoms with Crippen LogP contribution in [-0.2, 0) is 4.84 Å². The van der Waals surface area contributed by atoms with E-state index in [9.17, 15) is 0 Å². The van der Waals surface area contributed by atoms with Gasteiger partial charge in [-0.15, -0.1) is 5.06 Å². The molecular weight excluding hydrogens is 298 g/mol. The lowest BCUT2D eigenvalue weighted by Crippen LogP contribution is -2.41. The molecule has 4 nitrogen and oxygen atoms in total. The molecule has 0 bridgehead atoms. The molecule has 1 aromatic carbocycles. The fraction of sp³-hybridized carbons (Fsp3) is 0.294. The highest BCUT2D eigenvalue weighted by Gasteiger charge is 2.39. The first-order valence-corrected chi connectivity index (χ1v) is 7.55. The summed E-state index contributed by atoms with van der Waals surface area (Å²) in [5, 5.41) is 2.53. The van der Waals surface area contributed by atoms with Gasteiger partial charge in [-0.3, -0.25) is 4.98 Å². The lowest BCUT2D eigenvalue weighted by Gasteiger charge is -2.33. The van der Waals surface area contributed by atoms with Crippen molar-refractivity contribution in [2.75, 3.05) is 0 Å². The van der Waals surface area contributed by atoms with Crippen LogP contribution in [0.25, 0.3) is 0 Å². The summed E-state index contributed by atoms with van der Waals surface area (Å²) >= 11 is 6.07. The Morgan fingerprint density at radius 3 is 2.59 bits per heavy atom. The zero-order chi connectivity index (χ0) is 15.7. The molecule has 2 aromatic rings.